The minimum Gasteiger partial charge on any atom is -0.144 e. The largest absolute Gasteiger partial charge is 0.144 e. The highest BCUT2D eigenvalue weighted by Crippen LogP contribution is 2.46. The molecule has 0 aromatic carbocycles. The van der Waals surface area contributed by atoms with Crippen molar-refractivity contribution in [3.05, 3.63) is 20.9 Å². The second-order valence-corrected chi connectivity index (χ2v) is 9.53. The van der Waals surface area contributed by atoms with E-state index in [-0.39, 0.29) is 16.2 Å². The van der Waals surface area contributed by atoms with E-state index < -0.39 is 0 Å². The van der Waals surface area contributed by atoms with Gasteiger partial charge in [-0.15, -0.1) is 11.3 Å². The van der Waals surface area contributed by atoms with Crippen LogP contribution in [0.15, 0.2) is 0 Å². The zero-order valence-corrected chi connectivity index (χ0v) is 14.7. The predicted molar refractivity (Wildman–Crippen MR) is 85.2 cm³/mol. The van der Waals surface area contributed by atoms with Gasteiger partial charge < -0.3 is 0 Å². The van der Waals surface area contributed by atoms with Gasteiger partial charge in [0.1, 0.15) is 0 Å². The maximum Gasteiger partial charge on any atom is 0.0142 e. The molecular formula is C17H30S. The normalized spacial score (nSPS) is 14.1. The van der Waals surface area contributed by atoms with Crippen molar-refractivity contribution in [2.45, 2.75) is 85.5 Å². The maximum atomic E-state index is 2.34. The Hall–Kier alpha value is -0.300. The molecule has 0 atom stereocenters. The second kappa shape index (κ2) is 4.37. The van der Waals surface area contributed by atoms with Crippen LogP contribution in [0.2, 0.25) is 0 Å². The molecule has 0 bridgehead atoms. The van der Waals surface area contributed by atoms with E-state index in [0.717, 1.165) is 0 Å². The number of hydrogen-bond acceptors (Lipinski definition) is 1. The summed E-state index contributed by atoms with van der Waals surface area (Å²) in [6.07, 6.45) is 0. The van der Waals surface area contributed by atoms with E-state index in [1.807, 2.05) is 11.3 Å². The molecule has 0 saturated carbocycles. The standard InChI is InChI=1S/C17H30S/c1-11-12(15(2,3)4)14(17(8,9)10)18-13(11)16(5,6)7/h1-10H3. The minimum atomic E-state index is 0.229. The molecule has 18 heavy (non-hydrogen) atoms. The first-order valence-corrected chi connectivity index (χ1v) is 7.72. The molecule has 1 rings (SSSR count). The second-order valence-electron chi connectivity index (χ2n) is 8.51. The summed E-state index contributed by atoms with van der Waals surface area (Å²) in [5, 5.41) is 0. The van der Waals surface area contributed by atoms with Crippen molar-refractivity contribution < 1.29 is 0 Å². The van der Waals surface area contributed by atoms with Crippen LogP contribution in [0.5, 0.6) is 0 Å². The molecule has 0 spiro atoms. The fourth-order valence-corrected chi connectivity index (χ4v) is 4.29. The fourth-order valence-electron chi connectivity index (χ4n) is 2.66. The molecule has 0 aliphatic rings. The average molecular weight is 266 g/mol. The van der Waals surface area contributed by atoms with Crippen LogP contribution >= 0.6 is 11.3 Å². The van der Waals surface area contributed by atoms with Crippen molar-refractivity contribution in [2.24, 2.45) is 0 Å². The third-order valence-corrected chi connectivity index (χ3v) is 5.40. The zero-order valence-electron chi connectivity index (χ0n) is 13.9. The summed E-state index contributed by atoms with van der Waals surface area (Å²) in [4.78, 5) is 3.12. The van der Waals surface area contributed by atoms with Crippen LogP contribution in [0.4, 0.5) is 0 Å². The van der Waals surface area contributed by atoms with E-state index in [9.17, 15) is 0 Å². The molecule has 0 aliphatic carbocycles. The molecule has 0 N–H and O–H groups in total. The van der Waals surface area contributed by atoms with Crippen LogP contribution in [0.3, 0.4) is 0 Å². The van der Waals surface area contributed by atoms with Crippen molar-refractivity contribution in [3.8, 4) is 0 Å². The Morgan fingerprint density at radius 3 is 1.22 bits per heavy atom. The first-order chi connectivity index (χ1) is 7.76. The molecule has 104 valence electrons. The van der Waals surface area contributed by atoms with E-state index in [1.165, 1.54) is 5.56 Å². The monoisotopic (exact) mass is 266 g/mol. The summed E-state index contributed by atoms with van der Waals surface area (Å²) < 4.78 is 0. The average Bonchev–Trinajstić information content (AvgIpc) is 2.39. The van der Waals surface area contributed by atoms with Crippen molar-refractivity contribution in [1.82, 2.24) is 0 Å². The van der Waals surface area contributed by atoms with Crippen LogP contribution in [-0.4, -0.2) is 0 Å². The van der Waals surface area contributed by atoms with E-state index in [0.29, 0.717) is 0 Å². The molecule has 1 heterocycles. The summed E-state index contributed by atoms with van der Waals surface area (Å²) >= 11 is 2.03. The van der Waals surface area contributed by atoms with Crippen molar-refractivity contribution in [1.29, 1.82) is 0 Å². The van der Waals surface area contributed by atoms with Gasteiger partial charge in [0.15, 0.2) is 0 Å². The molecule has 0 radical (unpaired) electrons. The summed E-state index contributed by atoms with van der Waals surface area (Å²) in [7, 11) is 0. The summed E-state index contributed by atoms with van der Waals surface area (Å²) in [6.45, 7) is 23.3. The van der Waals surface area contributed by atoms with Crippen LogP contribution < -0.4 is 0 Å². The first kappa shape index (κ1) is 15.8. The van der Waals surface area contributed by atoms with E-state index in [4.69, 9.17) is 0 Å². The van der Waals surface area contributed by atoms with Gasteiger partial charge in [0.2, 0.25) is 0 Å². The summed E-state index contributed by atoms with van der Waals surface area (Å²) in [5.74, 6) is 0. The van der Waals surface area contributed by atoms with Crippen molar-refractivity contribution in [2.75, 3.05) is 0 Å². The molecule has 1 aromatic heterocycles. The van der Waals surface area contributed by atoms with Gasteiger partial charge in [0.05, 0.1) is 0 Å². The molecular weight excluding hydrogens is 236 g/mol. The van der Waals surface area contributed by atoms with E-state index in [1.54, 1.807) is 15.3 Å². The number of thiophene rings is 1. The highest BCUT2D eigenvalue weighted by atomic mass is 32.1. The molecule has 0 fully saturated rings. The SMILES string of the molecule is Cc1c(C(C)(C)C)sc(C(C)(C)C)c1C(C)(C)C. The van der Waals surface area contributed by atoms with Gasteiger partial charge in [0, 0.05) is 9.75 Å². The molecule has 0 nitrogen and oxygen atoms in total. The van der Waals surface area contributed by atoms with Crippen molar-refractivity contribution in [3.63, 3.8) is 0 Å². The third kappa shape index (κ3) is 2.99. The topological polar surface area (TPSA) is 0 Å². The molecule has 0 aliphatic heterocycles. The molecule has 0 saturated heterocycles. The van der Waals surface area contributed by atoms with Gasteiger partial charge >= 0.3 is 0 Å². The fraction of sp³-hybridized carbons (Fsp3) is 0.765. The van der Waals surface area contributed by atoms with E-state index >= 15 is 0 Å². The Balaban J connectivity index is 3.63. The van der Waals surface area contributed by atoms with Crippen LogP contribution in [0, 0.1) is 6.92 Å². The van der Waals surface area contributed by atoms with Gasteiger partial charge in [-0.25, -0.2) is 0 Å². The van der Waals surface area contributed by atoms with Crippen molar-refractivity contribution >= 4 is 11.3 Å². The number of hydrogen-bond donors (Lipinski definition) is 0. The smallest absolute Gasteiger partial charge is 0.0142 e. The lowest BCUT2D eigenvalue weighted by Crippen LogP contribution is -2.20. The van der Waals surface area contributed by atoms with Gasteiger partial charge in [0.25, 0.3) is 0 Å². The quantitative estimate of drug-likeness (QED) is 0.544. The minimum absolute atomic E-state index is 0.229. The Morgan fingerprint density at radius 1 is 0.611 bits per heavy atom. The first-order valence-electron chi connectivity index (χ1n) is 6.91. The Bertz CT molecular complexity index is 428. The Morgan fingerprint density at radius 2 is 1.00 bits per heavy atom. The van der Waals surface area contributed by atoms with Gasteiger partial charge in [-0.05, 0) is 34.3 Å². The van der Waals surface area contributed by atoms with E-state index in [2.05, 4.69) is 69.2 Å². The highest BCUT2D eigenvalue weighted by Gasteiger charge is 2.33. The zero-order chi connectivity index (χ0) is 14.5. The lowest BCUT2D eigenvalue weighted by molar-refractivity contribution is 0.536. The van der Waals surface area contributed by atoms with Crippen LogP contribution in [0.25, 0.3) is 0 Å². The summed E-state index contributed by atoms with van der Waals surface area (Å²) in [6, 6.07) is 0. The number of rotatable bonds is 0. The van der Waals surface area contributed by atoms with Gasteiger partial charge in [-0.2, -0.15) is 0 Å². The Labute approximate surface area is 118 Å². The lowest BCUT2D eigenvalue weighted by Gasteiger charge is -2.27. The van der Waals surface area contributed by atoms with Gasteiger partial charge in [-0.3, -0.25) is 0 Å². The molecule has 1 aromatic rings. The Kier molecular flexibility index (Phi) is 3.82. The maximum absolute atomic E-state index is 2.34. The molecule has 0 unspecified atom stereocenters. The predicted octanol–water partition coefficient (Wildman–Crippen LogP) is 5.95. The van der Waals surface area contributed by atoms with Gasteiger partial charge in [-0.1, -0.05) is 62.3 Å². The van der Waals surface area contributed by atoms with Crippen LogP contribution in [-0.2, 0) is 16.2 Å². The third-order valence-electron chi connectivity index (χ3n) is 3.26. The highest BCUT2D eigenvalue weighted by molar-refractivity contribution is 7.12. The lowest BCUT2D eigenvalue weighted by atomic mass is 9.77. The van der Waals surface area contributed by atoms with Crippen LogP contribution in [0.1, 0.15) is 83.2 Å². The molecule has 0 amide bonds. The summed E-state index contributed by atoms with van der Waals surface area (Å²) in [5.41, 5.74) is 3.81. The molecule has 1 heteroatoms.